The van der Waals surface area contributed by atoms with Crippen LogP contribution in [0.25, 0.3) is 0 Å². The van der Waals surface area contributed by atoms with Gasteiger partial charge in [0.15, 0.2) is 0 Å². The van der Waals surface area contributed by atoms with Crippen molar-refractivity contribution in [2.24, 2.45) is 0 Å². The average molecular weight is 223 g/mol. The Hall–Kier alpha value is -1.53. The molecule has 0 saturated heterocycles. The van der Waals surface area contributed by atoms with Crippen molar-refractivity contribution in [3.05, 3.63) is 23.3 Å². The van der Waals surface area contributed by atoms with Crippen LogP contribution >= 0.6 is 0 Å². The molecule has 0 aliphatic carbocycles. The highest BCUT2D eigenvalue weighted by atomic mass is 16.4. The first kappa shape index (κ1) is 11.0. The van der Waals surface area contributed by atoms with E-state index in [9.17, 15) is 4.79 Å². The Kier molecular flexibility index (Phi) is 3.12. The maximum atomic E-state index is 10.7. The van der Waals surface area contributed by atoms with Crippen molar-refractivity contribution in [1.82, 2.24) is 14.9 Å². The van der Waals surface area contributed by atoms with Gasteiger partial charge in [0.05, 0.1) is 12.3 Å². The molecule has 0 bridgehead atoms. The summed E-state index contributed by atoms with van der Waals surface area (Å²) in [7, 11) is 0. The molecule has 0 fully saturated rings. The molecule has 0 aromatic carbocycles. The fourth-order valence-corrected chi connectivity index (χ4v) is 1.81. The largest absolute Gasteiger partial charge is 0.475 e. The smallest absolute Gasteiger partial charge is 0.373 e. The highest BCUT2D eigenvalue weighted by Gasteiger charge is 2.19. The summed E-state index contributed by atoms with van der Waals surface area (Å²) >= 11 is 0. The van der Waals surface area contributed by atoms with Crippen LogP contribution in [0.4, 0.5) is 0 Å². The van der Waals surface area contributed by atoms with Crippen LogP contribution in [-0.2, 0) is 13.0 Å². The number of nitrogens with zero attached hydrogens (tertiary/aromatic N) is 3. The third kappa shape index (κ3) is 2.17. The van der Waals surface area contributed by atoms with Crippen molar-refractivity contribution >= 4 is 5.97 Å². The summed E-state index contributed by atoms with van der Waals surface area (Å²) in [5.74, 6) is -1.24. The standard InChI is InChI=1S/C10H13N3O3/c14-4-3-13-2-1-8-7(6-13)5-11-9(12-8)10(15)16/h5,14H,1-4,6H2,(H,15,16). The number of rotatable bonds is 3. The molecule has 1 aliphatic rings. The normalized spacial score (nSPS) is 15.8. The first-order chi connectivity index (χ1) is 7.70. The maximum absolute atomic E-state index is 10.7. The van der Waals surface area contributed by atoms with E-state index in [2.05, 4.69) is 14.9 Å². The van der Waals surface area contributed by atoms with Crippen LogP contribution in [0, 0.1) is 0 Å². The minimum absolute atomic E-state index is 0.128. The van der Waals surface area contributed by atoms with E-state index < -0.39 is 5.97 Å². The SMILES string of the molecule is O=C(O)c1ncc2c(n1)CCN(CCO)C2. The molecule has 6 heteroatoms. The minimum atomic E-state index is -1.10. The van der Waals surface area contributed by atoms with Crippen molar-refractivity contribution in [3.8, 4) is 0 Å². The van der Waals surface area contributed by atoms with Crippen molar-refractivity contribution in [1.29, 1.82) is 0 Å². The molecule has 2 heterocycles. The lowest BCUT2D eigenvalue weighted by atomic mass is 10.1. The minimum Gasteiger partial charge on any atom is -0.475 e. The molecule has 0 spiro atoms. The number of fused-ring (bicyclic) bond motifs is 1. The summed E-state index contributed by atoms with van der Waals surface area (Å²) in [5.41, 5.74) is 1.76. The molecule has 16 heavy (non-hydrogen) atoms. The number of aliphatic hydroxyl groups excluding tert-OH is 1. The lowest BCUT2D eigenvalue weighted by molar-refractivity contribution is 0.0682. The van der Waals surface area contributed by atoms with Crippen LogP contribution in [0.1, 0.15) is 21.9 Å². The van der Waals surface area contributed by atoms with E-state index in [-0.39, 0.29) is 12.4 Å². The van der Waals surface area contributed by atoms with E-state index in [1.807, 2.05) is 0 Å². The molecule has 2 rings (SSSR count). The fourth-order valence-electron chi connectivity index (χ4n) is 1.81. The molecule has 1 aromatic heterocycles. The summed E-state index contributed by atoms with van der Waals surface area (Å²) in [6.07, 6.45) is 2.27. The average Bonchev–Trinajstić information content (AvgIpc) is 2.28. The Labute approximate surface area is 92.6 Å². The van der Waals surface area contributed by atoms with Gasteiger partial charge in [-0.3, -0.25) is 4.90 Å². The first-order valence-corrected chi connectivity index (χ1v) is 5.12. The van der Waals surface area contributed by atoms with Gasteiger partial charge < -0.3 is 10.2 Å². The third-order valence-electron chi connectivity index (χ3n) is 2.62. The number of aromatic nitrogens is 2. The number of carboxylic acids is 1. The van der Waals surface area contributed by atoms with Gasteiger partial charge in [-0.05, 0) is 0 Å². The van der Waals surface area contributed by atoms with Crippen LogP contribution in [0.3, 0.4) is 0 Å². The van der Waals surface area contributed by atoms with Crippen LogP contribution < -0.4 is 0 Å². The molecule has 1 aliphatic heterocycles. The van der Waals surface area contributed by atoms with Gasteiger partial charge in [-0.2, -0.15) is 0 Å². The van der Waals surface area contributed by atoms with Gasteiger partial charge in [0.1, 0.15) is 0 Å². The first-order valence-electron chi connectivity index (χ1n) is 5.12. The number of hydrogen-bond acceptors (Lipinski definition) is 5. The number of β-amino-alcohol motifs (C(OH)–C–C–N with tert-alkyl or cyclic N) is 1. The van der Waals surface area contributed by atoms with E-state index in [4.69, 9.17) is 10.2 Å². The van der Waals surface area contributed by atoms with Crippen molar-refractivity contribution in [2.45, 2.75) is 13.0 Å². The Bertz CT molecular complexity index is 408. The van der Waals surface area contributed by atoms with Crippen molar-refractivity contribution in [2.75, 3.05) is 19.7 Å². The summed E-state index contributed by atoms with van der Waals surface area (Å²) in [6.45, 7) is 2.23. The molecule has 0 radical (unpaired) electrons. The second-order valence-corrected chi connectivity index (χ2v) is 3.72. The van der Waals surface area contributed by atoms with Crippen LogP contribution in [0.2, 0.25) is 0 Å². The molecule has 6 nitrogen and oxygen atoms in total. The van der Waals surface area contributed by atoms with E-state index in [1.54, 1.807) is 6.20 Å². The van der Waals surface area contributed by atoms with Gasteiger partial charge in [0.2, 0.25) is 5.82 Å². The molecule has 0 atom stereocenters. The third-order valence-corrected chi connectivity index (χ3v) is 2.62. The molecule has 0 saturated carbocycles. The zero-order valence-electron chi connectivity index (χ0n) is 8.76. The Morgan fingerprint density at radius 3 is 3.06 bits per heavy atom. The predicted octanol–water partition coefficient (Wildman–Crippen LogP) is -0.475. The molecule has 0 amide bonds. The number of carboxylic acid groups (broad SMARTS) is 1. The van der Waals surface area contributed by atoms with Gasteiger partial charge in [-0.15, -0.1) is 0 Å². The number of aromatic carboxylic acids is 1. The van der Waals surface area contributed by atoms with E-state index in [0.717, 1.165) is 17.8 Å². The highest BCUT2D eigenvalue weighted by molar-refractivity contribution is 5.83. The van der Waals surface area contributed by atoms with Crippen LogP contribution in [0.5, 0.6) is 0 Å². The highest BCUT2D eigenvalue weighted by Crippen LogP contribution is 2.15. The fraction of sp³-hybridized carbons (Fsp3) is 0.500. The lowest BCUT2D eigenvalue weighted by Crippen LogP contribution is -2.33. The molecular weight excluding hydrogens is 210 g/mol. The summed E-state index contributed by atoms with van der Waals surface area (Å²) < 4.78 is 0. The summed E-state index contributed by atoms with van der Waals surface area (Å²) in [6, 6.07) is 0. The monoisotopic (exact) mass is 223 g/mol. The zero-order valence-corrected chi connectivity index (χ0v) is 8.76. The number of aliphatic hydroxyl groups is 1. The van der Waals surface area contributed by atoms with Gasteiger partial charge in [0.25, 0.3) is 0 Å². The van der Waals surface area contributed by atoms with Crippen LogP contribution in [0.15, 0.2) is 6.20 Å². The number of hydrogen-bond donors (Lipinski definition) is 2. The molecule has 0 unspecified atom stereocenters. The summed E-state index contributed by atoms with van der Waals surface area (Å²) in [5, 5.41) is 17.6. The zero-order chi connectivity index (χ0) is 11.5. The Balaban J connectivity index is 2.19. The Morgan fingerprint density at radius 1 is 1.56 bits per heavy atom. The quantitative estimate of drug-likeness (QED) is 0.720. The maximum Gasteiger partial charge on any atom is 0.373 e. The topological polar surface area (TPSA) is 86.5 Å². The summed E-state index contributed by atoms with van der Waals surface area (Å²) in [4.78, 5) is 20.6. The Morgan fingerprint density at radius 2 is 2.38 bits per heavy atom. The van der Waals surface area contributed by atoms with Gasteiger partial charge in [-0.25, -0.2) is 14.8 Å². The number of carbonyl (C=O) groups is 1. The van der Waals surface area contributed by atoms with Gasteiger partial charge in [0, 0.05) is 37.8 Å². The van der Waals surface area contributed by atoms with E-state index >= 15 is 0 Å². The van der Waals surface area contributed by atoms with Crippen molar-refractivity contribution in [3.63, 3.8) is 0 Å². The molecule has 1 aromatic rings. The molecule has 2 N–H and O–H groups in total. The van der Waals surface area contributed by atoms with E-state index in [0.29, 0.717) is 19.5 Å². The van der Waals surface area contributed by atoms with Crippen LogP contribution in [-0.4, -0.2) is 50.7 Å². The van der Waals surface area contributed by atoms with Gasteiger partial charge >= 0.3 is 5.97 Å². The second kappa shape index (κ2) is 4.54. The van der Waals surface area contributed by atoms with E-state index in [1.165, 1.54) is 0 Å². The lowest BCUT2D eigenvalue weighted by Gasteiger charge is -2.26. The molecule has 86 valence electrons. The van der Waals surface area contributed by atoms with Crippen molar-refractivity contribution < 1.29 is 15.0 Å². The predicted molar refractivity (Wildman–Crippen MR) is 55.1 cm³/mol. The van der Waals surface area contributed by atoms with Gasteiger partial charge in [-0.1, -0.05) is 0 Å². The second-order valence-electron chi connectivity index (χ2n) is 3.72. The molecular formula is C10H13N3O3.